The zero-order valence-electron chi connectivity index (χ0n) is 24.2. The van der Waals surface area contributed by atoms with Crippen molar-refractivity contribution in [3.05, 3.63) is 96.3 Å². The van der Waals surface area contributed by atoms with Crippen molar-refractivity contribution in [2.75, 3.05) is 0 Å². The number of nitrogens with one attached hydrogen (secondary N) is 3. The molecule has 0 radical (unpaired) electrons. The molecule has 1 heterocycles. The first kappa shape index (κ1) is 30.9. The largest absolute Gasteiger partial charge is 0.445 e. The summed E-state index contributed by atoms with van der Waals surface area (Å²) in [6.45, 7) is 3.97. The molecule has 3 aromatic carbocycles. The number of carbonyl (C=O) groups excluding carboxylic acids is 4. The maximum Gasteiger partial charge on any atom is 0.408 e. The molecule has 0 bridgehead atoms. The van der Waals surface area contributed by atoms with Crippen LogP contribution in [-0.2, 0) is 38.7 Å². The van der Waals surface area contributed by atoms with Crippen LogP contribution in [0.25, 0.3) is 10.8 Å². The monoisotopic (exact) mass is 584 g/mol. The maximum absolute atomic E-state index is 13.7. The summed E-state index contributed by atoms with van der Waals surface area (Å²) in [5.41, 5.74) is 1.65. The minimum absolute atomic E-state index is 0.0342. The Bertz CT molecular complexity index is 1500. The minimum atomic E-state index is -1.05. The molecule has 43 heavy (non-hydrogen) atoms. The zero-order chi connectivity index (χ0) is 30.6. The van der Waals surface area contributed by atoms with Crippen LogP contribution in [-0.4, -0.2) is 57.3 Å². The number of rotatable bonds is 14. The van der Waals surface area contributed by atoms with Gasteiger partial charge in [-0.2, -0.15) is 0 Å². The van der Waals surface area contributed by atoms with Crippen molar-refractivity contribution < 1.29 is 23.9 Å². The molecule has 3 atom stereocenters. The predicted molar refractivity (Wildman–Crippen MR) is 161 cm³/mol. The molecular formula is C32H36N6O5. The highest BCUT2D eigenvalue weighted by Gasteiger charge is 2.29. The second kappa shape index (κ2) is 15.2. The first-order valence-corrected chi connectivity index (χ1v) is 14.2. The molecule has 0 unspecified atom stereocenters. The number of alkyl carbamates (subject to hydrolysis) is 1. The molecule has 0 saturated carbocycles. The van der Waals surface area contributed by atoms with Gasteiger partial charge in [0, 0.05) is 12.6 Å². The first-order valence-electron chi connectivity index (χ1n) is 14.2. The van der Waals surface area contributed by atoms with Gasteiger partial charge < -0.3 is 25.5 Å². The topological polar surface area (TPSA) is 144 Å². The Balaban J connectivity index is 1.51. The van der Waals surface area contributed by atoms with Crippen LogP contribution in [0.5, 0.6) is 0 Å². The molecule has 4 aromatic rings. The van der Waals surface area contributed by atoms with E-state index in [1.165, 1.54) is 10.9 Å². The number of amides is 3. The second-order valence-electron chi connectivity index (χ2n) is 10.7. The van der Waals surface area contributed by atoms with Crippen LogP contribution >= 0.6 is 0 Å². The smallest absolute Gasteiger partial charge is 0.408 e. The van der Waals surface area contributed by atoms with E-state index < -0.39 is 36.0 Å². The van der Waals surface area contributed by atoms with Crippen LogP contribution in [0.15, 0.2) is 85.2 Å². The number of nitrogens with zero attached hydrogens (tertiary/aromatic N) is 3. The second-order valence-corrected chi connectivity index (χ2v) is 10.7. The van der Waals surface area contributed by atoms with Gasteiger partial charge >= 0.3 is 6.09 Å². The quantitative estimate of drug-likeness (QED) is 0.193. The Labute approximate surface area is 250 Å². The summed E-state index contributed by atoms with van der Waals surface area (Å²) in [6.07, 6.45) is 3.37. The number of benzene rings is 3. The van der Waals surface area contributed by atoms with Crippen LogP contribution in [0, 0.1) is 5.92 Å². The third-order valence-electron chi connectivity index (χ3n) is 6.81. The van der Waals surface area contributed by atoms with Gasteiger partial charge in [-0.1, -0.05) is 91.9 Å². The Morgan fingerprint density at radius 1 is 0.884 bits per heavy atom. The summed E-state index contributed by atoms with van der Waals surface area (Å²) in [5, 5.41) is 17.7. The Hall–Kier alpha value is -5.06. The molecule has 224 valence electrons. The lowest BCUT2D eigenvalue weighted by Crippen LogP contribution is -2.56. The Morgan fingerprint density at radius 2 is 1.60 bits per heavy atom. The van der Waals surface area contributed by atoms with Crippen molar-refractivity contribution in [1.29, 1.82) is 0 Å². The van der Waals surface area contributed by atoms with E-state index in [2.05, 4.69) is 26.3 Å². The molecule has 0 saturated heterocycles. The highest BCUT2D eigenvalue weighted by molar-refractivity contribution is 5.93. The van der Waals surface area contributed by atoms with E-state index in [-0.39, 0.29) is 25.5 Å². The van der Waals surface area contributed by atoms with Crippen molar-refractivity contribution in [1.82, 2.24) is 30.9 Å². The molecule has 0 aliphatic rings. The van der Waals surface area contributed by atoms with Gasteiger partial charge in [0.05, 0.1) is 12.7 Å². The maximum atomic E-state index is 13.7. The molecule has 11 heteroatoms. The lowest BCUT2D eigenvalue weighted by molar-refractivity contribution is -0.131. The number of hydrogen-bond donors (Lipinski definition) is 3. The molecule has 0 aliphatic heterocycles. The standard InChI is InChI=1S/C32H36N6O5/c1-22(2)17-28(30(40)34-26(20-39)19-38-16-15-33-37-38)35-31(41)29(36-32(42)43-21-23-9-4-3-5-10-23)18-25-13-8-12-24-11-6-7-14-27(24)25/h3-16,20,22,26,28-29H,17-19,21H2,1-2H3,(H,34,40)(H,35,41)(H,36,42)/t26-,28-,29-/m0/s1. The number of aldehydes is 1. The summed E-state index contributed by atoms with van der Waals surface area (Å²) in [7, 11) is 0. The van der Waals surface area contributed by atoms with Gasteiger partial charge in [0.25, 0.3) is 0 Å². The number of hydrogen-bond acceptors (Lipinski definition) is 7. The first-order chi connectivity index (χ1) is 20.8. The van der Waals surface area contributed by atoms with E-state index in [0.717, 1.165) is 21.9 Å². The average molecular weight is 585 g/mol. The van der Waals surface area contributed by atoms with E-state index in [4.69, 9.17) is 4.74 Å². The van der Waals surface area contributed by atoms with E-state index in [0.29, 0.717) is 12.7 Å². The van der Waals surface area contributed by atoms with E-state index in [1.54, 1.807) is 6.20 Å². The molecule has 1 aromatic heterocycles. The lowest BCUT2D eigenvalue weighted by atomic mass is 9.97. The van der Waals surface area contributed by atoms with Crippen molar-refractivity contribution in [3.63, 3.8) is 0 Å². The van der Waals surface area contributed by atoms with Gasteiger partial charge in [0.1, 0.15) is 31.0 Å². The summed E-state index contributed by atoms with van der Waals surface area (Å²) in [6, 6.07) is 19.9. The lowest BCUT2D eigenvalue weighted by Gasteiger charge is -2.25. The molecule has 4 rings (SSSR count). The molecule has 3 amide bonds. The predicted octanol–water partition coefficient (Wildman–Crippen LogP) is 3.18. The molecule has 11 nitrogen and oxygen atoms in total. The molecule has 0 fully saturated rings. The highest BCUT2D eigenvalue weighted by atomic mass is 16.5. The summed E-state index contributed by atoms with van der Waals surface area (Å²) >= 11 is 0. The number of carbonyl (C=O) groups is 4. The fourth-order valence-corrected chi connectivity index (χ4v) is 4.72. The Morgan fingerprint density at radius 3 is 2.33 bits per heavy atom. The van der Waals surface area contributed by atoms with E-state index >= 15 is 0 Å². The van der Waals surface area contributed by atoms with Gasteiger partial charge in [-0.3, -0.25) is 14.3 Å². The SMILES string of the molecule is CC(C)C[C@H](NC(=O)[C@H](Cc1cccc2ccccc12)NC(=O)OCc1ccccc1)C(=O)N[C@H](C=O)Cn1ccnn1. The highest BCUT2D eigenvalue weighted by Crippen LogP contribution is 2.20. The van der Waals surface area contributed by atoms with Gasteiger partial charge in [0.15, 0.2) is 0 Å². The minimum Gasteiger partial charge on any atom is -0.445 e. The van der Waals surface area contributed by atoms with Crippen LogP contribution < -0.4 is 16.0 Å². The van der Waals surface area contributed by atoms with Crippen molar-refractivity contribution >= 4 is 35.0 Å². The van der Waals surface area contributed by atoms with Crippen LogP contribution in [0.1, 0.15) is 31.4 Å². The van der Waals surface area contributed by atoms with Gasteiger partial charge in [0.2, 0.25) is 11.8 Å². The molecular weight excluding hydrogens is 548 g/mol. The van der Waals surface area contributed by atoms with Gasteiger partial charge in [-0.25, -0.2) is 4.79 Å². The fourth-order valence-electron chi connectivity index (χ4n) is 4.72. The normalized spacial score (nSPS) is 13.1. The number of fused-ring (bicyclic) bond motifs is 1. The Kier molecular flexibility index (Phi) is 11.0. The summed E-state index contributed by atoms with van der Waals surface area (Å²) in [4.78, 5) is 51.6. The summed E-state index contributed by atoms with van der Waals surface area (Å²) in [5.74, 6) is -1.03. The van der Waals surface area contributed by atoms with Gasteiger partial charge in [-0.05, 0) is 34.2 Å². The van der Waals surface area contributed by atoms with Crippen LogP contribution in [0.3, 0.4) is 0 Å². The van der Waals surface area contributed by atoms with Gasteiger partial charge in [-0.15, -0.1) is 5.10 Å². The van der Waals surface area contributed by atoms with Crippen LogP contribution in [0.4, 0.5) is 4.79 Å². The van der Waals surface area contributed by atoms with E-state index in [9.17, 15) is 19.2 Å². The zero-order valence-corrected chi connectivity index (χ0v) is 24.2. The molecule has 3 N–H and O–H groups in total. The number of aromatic nitrogens is 3. The van der Waals surface area contributed by atoms with Crippen molar-refractivity contribution in [2.45, 2.75) is 58.0 Å². The summed E-state index contributed by atoms with van der Waals surface area (Å²) < 4.78 is 6.84. The molecule has 0 aliphatic carbocycles. The third kappa shape index (κ3) is 9.22. The number of ether oxygens (including phenoxy) is 1. The van der Waals surface area contributed by atoms with Crippen molar-refractivity contribution in [3.8, 4) is 0 Å². The average Bonchev–Trinajstić information content (AvgIpc) is 3.52. The van der Waals surface area contributed by atoms with Crippen molar-refractivity contribution in [2.24, 2.45) is 5.92 Å². The fraction of sp³-hybridized carbons (Fsp3) is 0.312. The van der Waals surface area contributed by atoms with Crippen LogP contribution in [0.2, 0.25) is 0 Å². The van der Waals surface area contributed by atoms with E-state index in [1.807, 2.05) is 86.6 Å². The molecule has 0 spiro atoms. The third-order valence-corrected chi connectivity index (χ3v) is 6.81.